The maximum Gasteiger partial charge on any atom is 0.355 e. The van der Waals surface area contributed by atoms with E-state index in [-0.39, 0.29) is 23.9 Å². The molecule has 0 spiro atoms. The molecular weight excluding hydrogens is 318 g/mol. The number of aromatic nitrogens is 1. The largest absolute Gasteiger partial charge is 0.453 e. The first-order chi connectivity index (χ1) is 11.8. The van der Waals surface area contributed by atoms with E-state index in [1.165, 1.54) is 23.1 Å². The Morgan fingerprint density at radius 3 is 2.28 bits per heavy atom. The van der Waals surface area contributed by atoms with E-state index in [9.17, 15) is 14.4 Å². The minimum Gasteiger partial charge on any atom is -0.453 e. The molecule has 0 aliphatic heterocycles. The molecule has 0 amide bonds. The smallest absolute Gasteiger partial charge is 0.355 e. The fourth-order valence-corrected chi connectivity index (χ4v) is 2.48. The summed E-state index contributed by atoms with van der Waals surface area (Å²) in [7, 11) is 1.65. The molecule has 0 saturated heterocycles. The molecule has 5 nitrogen and oxygen atoms in total. The van der Waals surface area contributed by atoms with Crippen LogP contribution in [0.1, 0.15) is 69.9 Å². The molecule has 132 valence electrons. The third-order valence-electron chi connectivity index (χ3n) is 4.37. The van der Waals surface area contributed by atoms with Gasteiger partial charge < -0.3 is 9.30 Å². The zero-order valence-corrected chi connectivity index (χ0v) is 15.0. The predicted octanol–water partition coefficient (Wildman–Crippen LogP) is 3.78. The van der Waals surface area contributed by atoms with Crippen molar-refractivity contribution in [3.63, 3.8) is 0 Å². The number of aryl methyl sites for hydroxylation is 1. The highest BCUT2D eigenvalue weighted by Gasteiger charge is 2.17. The van der Waals surface area contributed by atoms with Crippen LogP contribution in [0.15, 0.2) is 36.5 Å². The second-order valence-electron chi connectivity index (χ2n) is 6.21. The lowest BCUT2D eigenvalue weighted by atomic mass is 9.97. The third-order valence-corrected chi connectivity index (χ3v) is 4.37. The number of carbonyl (C=O) groups excluding carboxylic acids is 3. The Morgan fingerprint density at radius 2 is 1.76 bits per heavy atom. The van der Waals surface area contributed by atoms with Gasteiger partial charge in [-0.05, 0) is 30.9 Å². The molecule has 1 aromatic carbocycles. The topological polar surface area (TPSA) is 65.4 Å². The van der Waals surface area contributed by atoms with Crippen LogP contribution < -0.4 is 0 Å². The van der Waals surface area contributed by atoms with Crippen LogP contribution in [0.4, 0.5) is 0 Å². The van der Waals surface area contributed by atoms with Crippen LogP contribution >= 0.6 is 0 Å². The van der Waals surface area contributed by atoms with Gasteiger partial charge in [0.2, 0.25) is 0 Å². The Labute approximate surface area is 147 Å². The molecule has 25 heavy (non-hydrogen) atoms. The average molecular weight is 341 g/mol. The minimum absolute atomic E-state index is 0.132. The van der Waals surface area contributed by atoms with Gasteiger partial charge in [0.25, 0.3) is 0 Å². The monoisotopic (exact) mass is 341 g/mol. The molecule has 1 atom stereocenters. The fourth-order valence-electron chi connectivity index (χ4n) is 2.48. The average Bonchev–Trinajstić information content (AvgIpc) is 3.01. The molecule has 5 heteroatoms. The van der Waals surface area contributed by atoms with Gasteiger partial charge >= 0.3 is 5.97 Å². The molecule has 0 aliphatic carbocycles. The summed E-state index contributed by atoms with van der Waals surface area (Å²) < 4.78 is 6.61. The third kappa shape index (κ3) is 4.44. The van der Waals surface area contributed by atoms with Gasteiger partial charge in [-0.2, -0.15) is 0 Å². The number of nitrogens with zero attached hydrogens (tertiary/aromatic N) is 1. The van der Waals surface area contributed by atoms with E-state index in [1.807, 2.05) is 12.1 Å². The maximum atomic E-state index is 12.2. The summed E-state index contributed by atoms with van der Waals surface area (Å²) in [4.78, 5) is 35.7. The van der Waals surface area contributed by atoms with Crippen molar-refractivity contribution < 1.29 is 19.1 Å². The SMILES string of the molecule is CC[C@@H](C)c1ccc(C(=O)COC(=O)c2cc(C(C)=O)cn2C)cc1. The van der Waals surface area contributed by atoms with E-state index < -0.39 is 5.97 Å². The van der Waals surface area contributed by atoms with E-state index in [0.29, 0.717) is 17.0 Å². The number of carbonyl (C=O) groups is 3. The Balaban J connectivity index is 1.99. The predicted molar refractivity (Wildman–Crippen MR) is 95.2 cm³/mol. The maximum absolute atomic E-state index is 12.2. The van der Waals surface area contributed by atoms with Crippen LogP contribution in [-0.4, -0.2) is 28.7 Å². The van der Waals surface area contributed by atoms with Crippen molar-refractivity contribution >= 4 is 17.5 Å². The summed E-state index contributed by atoms with van der Waals surface area (Å²) in [5, 5.41) is 0. The minimum atomic E-state index is -0.625. The highest BCUT2D eigenvalue weighted by atomic mass is 16.5. The number of Topliss-reactive ketones (excluding diaryl/α,β-unsaturated/α-hetero) is 2. The summed E-state index contributed by atoms with van der Waals surface area (Å²) in [6.45, 7) is 5.34. The van der Waals surface area contributed by atoms with Crippen molar-refractivity contribution in [2.75, 3.05) is 6.61 Å². The Morgan fingerprint density at radius 1 is 1.12 bits per heavy atom. The van der Waals surface area contributed by atoms with Crippen molar-refractivity contribution in [2.24, 2.45) is 7.05 Å². The van der Waals surface area contributed by atoms with Gasteiger partial charge in [-0.15, -0.1) is 0 Å². The van der Waals surface area contributed by atoms with Crippen LogP contribution in [0, 0.1) is 0 Å². The highest BCUT2D eigenvalue weighted by Crippen LogP contribution is 2.19. The number of ether oxygens (including phenoxy) is 1. The van der Waals surface area contributed by atoms with Crippen molar-refractivity contribution in [2.45, 2.75) is 33.1 Å². The molecule has 0 aliphatic rings. The van der Waals surface area contributed by atoms with E-state index in [4.69, 9.17) is 4.74 Å². The van der Waals surface area contributed by atoms with Crippen LogP contribution in [0.25, 0.3) is 0 Å². The number of benzene rings is 1. The number of hydrogen-bond donors (Lipinski definition) is 0. The van der Waals surface area contributed by atoms with Gasteiger partial charge in [-0.3, -0.25) is 9.59 Å². The first-order valence-electron chi connectivity index (χ1n) is 8.31. The van der Waals surface area contributed by atoms with E-state index >= 15 is 0 Å². The Hall–Kier alpha value is -2.69. The Bertz CT molecular complexity index is 787. The van der Waals surface area contributed by atoms with Crippen molar-refractivity contribution in [3.05, 3.63) is 58.9 Å². The van der Waals surface area contributed by atoms with Gasteiger partial charge in [0.15, 0.2) is 18.2 Å². The van der Waals surface area contributed by atoms with Crippen LogP contribution in [0.5, 0.6) is 0 Å². The van der Waals surface area contributed by atoms with Gasteiger partial charge in [0.1, 0.15) is 5.69 Å². The second kappa shape index (κ2) is 7.92. The molecule has 1 aromatic heterocycles. The molecule has 0 bridgehead atoms. The van der Waals surface area contributed by atoms with Crippen molar-refractivity contribution in [3.8, 4) is 0 Å². The quantitative estimate of drug-likeness (QED) is 0.568. The lowest BCUT2D eigenvalue weighted by Crippen LogP contribution is -2.16. The molecule has 0 N–H and O–H groups in total. The standard InChI is InChI=1S/C20H23NO4/c1-5-13(2)15-6-8-16(9-7-15)19(23)12-25-20(24)18-10-17(14(3)22)11-21(18)4/h6-11,13H,5,12H2,1-4H3/t13-/m1/s1. The summed E-state index contributed by atoms with van der Waals surface area (Å²) in [5.74, 6) is -0.577. The van der Waals surface area contributed by atoms with Gasteiger partial charge in [-0.1, -0.05) is 38.1 Å². The first-order valence-corrected chi connectivity index (χ1v) is 8.31. The lowest BCUT2D eigenvalue weighted by molar-refractivity contribution is 0.0465. The first kappa shape index (κ1) is 18.6. The zero-order chi connectivity index (χ0) is 18.6. The molecular formula is C20H23NO4. The molecule has 2 aromatic rings. The zero-order valence-electron chi connectivity index (χ0n) is 15.0. The number of rotatable bonds is 7. The van der Waals surface area contributed by atoms with Crippen molar-refractivity contribution in [1.29, 1.82) is 0 Å². The van der Waals surface area contributed by atoms with Crippen LogP contribution in [0.2, 0.25) is 0 Å². The van der Waals surface area contributed by atoms with Gasteiger partial charge in [0.05, 0.1) is 0 Å². The number of esters is 1. The fraction of sp³-hybridized carbons (Fsp3) is 0.350. The van der Waals surface area contributed by atoms with Crippen LogP contribution in [-0.2, 0) is 11.8 Å². The number of ketones is 2. The normalized spacial score (nSPS) is 11.8. The van der Waals surface area contributed by atoms with E-state index in [1.54, 1.807) is 25.4 Å². The Kier molecular flexibility index (Phi) is 5.91. The second-order valence-corrected chi connectivity index (χ2v) is 6.21. The summed E-state index contributed by atoms with van der Waals surface area (Å²) in [6, 6.07) is 8.84. The molecule has 0 saturated carbocycles. The van der Waals surface area contributed by atoms with Gasteiger partial charge in [0, 0.05) is 24.4 Å². The summed E-state index contributed by atoms with van der Waals surface area (Å²) >= 11 is 0. The lowest BCUT2D eigenvalue weighted by Gasteiger charge is -2.09. The van der Waals surface area contributed by atoms with Crippen LogP contribution in [0.3, 0.4) is 0 Å². The number of hydrogen-bond acceptors (Lipinski definition) is 4. The van der Waals surface area contributed by atoms with E-state index in [0.717, 1.165) is 6.42 Å². The molecule has 0 unspecified atom stereocenters. The molecule has 2 rings (SSSR count). The highest BCUT2D eigenvalue weighted by molar-refractivity contribution is 6.00. The molecule has 0 radical (unpaired) electrons. The summed E-state index contributed by atoms with van der Waals surface area (Å²) in [5.41, 5.74) is 2.36. The van der Waals surface area contributed by atoms with Gasteiger partial charge in [-0.25, -0.2) is 4.79 Å². The van der Waals surface area contributed by atoms with E-state index in [2.05, 4.69) is 13.8 Å². The molecule has 0 fully saturated rings. The van der Waals surface area contributed by atoms with Crippen molar-refractivity contribution in [1.82, 2.24) is 4.57 Å². The summed E-state index contributed by atoms with van der Waals surface area (Å²) in [6.07, 6.45) is 2.60. The molecule has 1 heterocycles.